The largest absolute Gasteiger partial charge is 0.495 e. The van der Waals surface area contributed by atoms with Gasteiger partial charge in [0.2, 0.25) is 5.91 Å². The fourth-order valence-corrected chi connectivity index (χ4v) is 4.73. The number of piperazine rings is 1. The Labute approximate surface area is 187 Å². The third-order valence-corrected chi connectivity index (χ3v) is 6.57. The van der Waals surface area contributed by atoms with Gasteiger partial charge in [-0.2, -0.15) is 0 Å². The van der Waals surface area contributed by atoms with E-state index in [2.05, 4.69) is 52.6 Å². The highest BCUT2D eigenvalue weighted by Gasteiger charge is 2.23. The van der Waals surface area contributed by atoms with Gasteiger partial charge in [0.05, 0.1) is 24.2 Å². The Bertz CT molecular complexity index is 1060. The van der Waals surface area contributed by atoms with Crippen LogP contribution in [0.1, 0.15) is 11.1 Å². The second-order valence-corrected chi connectivity index (χ2v) is 8.64. The van der Waals surface area contributed by atoms with Crippen molar-refractivity contribution >= 4 is 23.4 Å². The summed E-state index contributed by atoms with van der Waals surface area (Å²) in [6.07, 6.45) is 3.75. The van der Waals surface area contributed by atoms with Crippen LogP contribution in [0.15, 0.2) is 60.0 Å². The zero-order chi connectivity index (χ0) is 21.8. The molecule has 1 aliphatic rings. The van der Waals surface area contributed by atoms with Gasteiger partial charge >= 0.3 is 0 Å². The van der Waals surface area contributed by atoms with Gasteiger partial charge in [0.15, 0.2) is 5.16 Å². The van der Waals surface area contributed by atoms with Crippen LogP contribution in [0.2, 0.25) is 0 Å². The number of ether oxygens (including phenoxy) is 1. The number of carbonyl (C=O) groups is 1. The first-order valence-corrected chi connectivity index (χ1v) is 11.4. The molecule has 1 fully saturated rings. The first-order valence-electron chi connectivity index (χ1n) is 10.5. The van der Waals surface area contributed by atoms with Gasteiger partial charge in [0.25, 0.3) is 0 Å². The summed E-state index contributed by atoms with van der Waals surface area (Å²) >= 11 is 1.50. The van der Waals surface area contributed by atoms with Gasteiger partial charge in [-0.15, -0.1) is 0 Å². The highest BCUT2D eigenvalue weighted by molar-refractivity contribution is 7.99. The van der Waals surface area contributed by atoms with Gasteiger partial charge in [-0.25, -0.2) is 4.98 Å². The normalized spacial score (nSPS) is 14.0. The van der Waals surface area contributed by atoms with Gasteiger partial charge in [-0.05, 0) is 43.2 Å². The van der Waals surface area contributed by atoms with Crippen molar-refractivity contribution in [1.82, 2.24) is 14.5 Å². The minimum absolute atomic E-state index is 0.153. The maximum atomic E-state index is 12.9. The summed E-state index contributed by atoms with van der Waals surface area (Å²) in [5, 5.41) is 0.842. The molecule has 1 saturated heterocycles. The first-order chi connectivity index (χ1) is 15.1. The monoisotopic (exact) mass is 436 g/mol. The maximum Gasteiger partial charge on any atom is 0.233 e. The highest BCUT2D eigenvalue weighted by Crippen LogP contribution is 2.29. The van der Waals surface area contributed by atoms with E-state index < -0.39 is 0 Å². The standard InChI is InChI=1S/C24H28N4O2S/c1-18-8-9-19(2)21(16-18)28-11-10-25-24(28)31-17-23(29)27-14-12-26(13-15-27)20-6-4-5-7-22(20)30-3/h4-11,16H,12-15,17H2,1-3H3. The van der Waals surface area contributed by atoms with Crippen LogP contribution in [-0.2, 0) is 4.79 Å². The van der Waals surface area contributed by atoms with Crippen molar-refractivity contribution < 1.29 is 9.53 Å². The predicted octanol–water partition coefficient (Wildman–Crippen LogP) is 3.94. The smallest absolute Gasteiger partial charge is 0.233 e. The minimum Gasteiger partial charge on any atom is -0.495 e. The summed E-state index contributed by atoms with van der Waals surface area (Å²) in [6, 6.07) is 14.4. The van der Waals surface area contributed by atoms with E-state index in [9.17, 15) is 4.79 Å². The van der Waals surface area contributed by atoms with Gasteiger partial charge in [0, 0.05) is 38.6 Å². The summed E-state index contributed by atoms with van der Waals surface area (Å²) in [7, 11) is 1.69. The van der Waals surface area contributed by atoms with Crippen LogP contribution >= 0.6 is 11.8 Å². The number of hydrogen-bond acceptors (Lipinski definition) is 5. The molecule has 6 nitrogen and oxygen atoms in total. The quantitative estimate of drug-likeness (QED) is 0.548. The Hall–Kier alpha value is -2.93. The Morgan fingerprint density at radius 3 is 2.61 bits per heavy atom. The SMILES string of the molecule is COc1ccccc1N1CCN(C(=O)CSc2nccn2-c2cc(C)ccc2C)CC1. The van der Waals surface area contributed by atoms with E-state index in [1.807, 2.05) is 29.3 Å². The molecule has 4 rings (SSSR count). The number of methoxy groups -OCH3 is 1. The van der Waals surface area contributed by atoms with E-state index in [4.69, 9.17) is 4.74 Å². The molecule has 1 aliphatic heterocycles. The molecule has 0 N–H and O–H groups in total. The van der Waals surface area contributed by atoms with Crippen LogP contribution in [0.3, 0.4) is 0 Å². The fraction of sp³-hybridized carbons (Fsp3) is 0.333. The zero-order valence-electron chi connectivity index (χ0n) is 18.2. The topological polar surface area (TPSA) is 50.6 Å². The van der Waals surface area contributed by atoms with Crippen LogP contribution < -0.4 is 9.64 Å². The van der Waals surface area contributed by atoms with Crippen molar-refractivity contribution in [3.63, 3.8) is 0 Å². The van der Waals surface area contributed by atoms with E-state index in [0.29, 0.717) is 18.8 Å². The predicted molar refractivity (Wildman–Crippen MR) is 126 cm³/mol. The molecule has 0 spiro atoms. The summed E-state index contributed by atoms with van der Waals surface area (Å²) < 4.78 is 7.55. The summed E-state index contributed by atoms with van der Waals surface area (Å²) in [5.41, 5.74) is 4.58. The number of imidazole rings is 1. The Kier molecular flexibility index (Phi) is 6.51. The third kappa shape index (κ3) is 4.71. The lowest BCUT2D eigenvalue weighted by atomic mass is 10.1. The van der Waals surface area contributed by atoms with Crippen LogP contribution in [0.25, 0.3) is 5.69 Å². The molecule has 0 unspecified atom stereocenters. The summed E-state index contributed by atoms with van der Waals surface area (Å²) in [4.78, 5) is 21.6. The molecule has 3 aromatic rings. The van der Waals surface area contributed by atoms with Crippen molar-refractivity contribution in [1.29, 1.82) is 0 Å². The van der Waals surface area contributed by atoms with E-state index in [1.165, 1.54) is 22.9 Å². The van der Waals surface area contributed by atoms with E-state index in [0.717, 1.165) is 35.4 Å². The molecule has 162 valence electrons. The second-order valence-electron chi connectivity index (χ2n) is 7.70. The van der Waals surface area contributed by atoms with Crippen LogP contribution in [0.5, 0.6) is 5.75 Å². The maximum absolute atomic E-state index is 12.9. The van der Waals surface area contributed by atoms with E-state index >= 15 is 0 Å². The lowest BCUT2D eigenvalue weighted by molar-refractivity contribution is -0.128. The molecule has 1 aromatic heterocycles. The van der Waals surface area contributed by atoms with Gasteiger partial charge < -0.3 is 14.5 Å². The molecular formula is C24H28N4O2S. The molecule has 7 heteroatoms. The molecular weight excluding hydrogens is 408 g/mol. The number of amides is 1. The number of rotatable bonds is 6. The van der Waals surface area contributed by atoms with Crippen LogP contribution in [-0.4, -0.2) is 59.4 Å². The average molecular weight is 437 g/mol. The number of carbonyl (C=O) groups excluding carboxylic acids is 1. The van der Waals surface area contributed by atoms with Crippen molar-refractivity contribution in [3.05, 3.63) is 66.0 Å². The number of thioether (sulfide) groups is 1. The average Bonchev–Trinajstić information content (AvgIpc) is 3.27. The zero-order valence-corrected chi connectivity index (χ0v) is 19.1. The molecule has 1 amide bonds. The molecule has 0 bridgehead atoms. The van der Waals surface area contributed by atoms with Crippen molar-refractivity contribution in [3.8, 4) is 11.4 Å². The van der Waals surface area contributed by atoms with E-state index in [1.54, 1.807) is 13.3 Å². The molecule has 0 saturated carbocycles. The first kappa shape index (κ1) is 21.3. The molecule has 0 aliphatic carbocycles. The number of benzene rings is 2. The van der Waals surface area contributed by atoms with Gasteiger partial charge in [-0.1, -0.05) is 36.0 Å². The van der Waals surface area contributed by atoms with Crippen LogP contribution in [0, 0.1) is 13.8 Å². The van der Waals surface area contributed by atoms with Crippen molar-refractivity contribution in [2.75, 3.05) is 43.9 Å². The van der Waals surface area contributed by atoms with E-state index in [-0.39, 0.29) is 5.91 Å². The summed E-state index contributed by atoms with van der Waals surface area (Å²) in [6.45, 7) is 7.20. The lowest BCUT2D eigenvalue weighted by Crippen LogP contribution is -2.49. The van der Waals surface area contributed by atoms with Gasteiger partial charge in [-0.3, -0.25) is 9.36 Å². The molecule has 0 atom stereocenters. The number of aryl methyl sites for hydroxylation is 2. The number of aromatic nitrogens is 2. The second kappa shape index (κ2) is 9.47. The Balaban J connectivity index is 1.36. The number of nitrogens with zero attached hydrogens (tertiary/aromatic N) is 4. The number of hydrogen-bond donors (Lipinski definition) is 0. The number of anilines is 1. The Morgan fingerprint density at radius 1 is 1.06 bits per heavy atom. The lowest BCUT2D eigenvalue weighted by Gasteiger charge is -2.36. The molecule has 31 heavy (non-hydrogen) atoms. The van der Waals surface area contributed by atoms with Crippen molar-refractivity contribution in [2.24, 2.45) is 0 Å². The molecule has 0 radical (unpaired) electrons. The minimum atomic E-state index is 0.153. The fourth-order valence-electron chi connectivity index (χ4n) is 3.86. The summed E-state index contributed by atoms with van der Waals surface area (Å²) in [5.74, 6) is 1.41. The Morgan fingerprint density at radius 2 is 1.84 bits per heavy atom. The number of para-hydroxylation sites is 2. The molecule has 2 heterocycles. The van der Waals surface area contributed by atoms with Gasteiger partial charge in [0.1, 0.15) is 5.75 Å². The van der Waals surface area contributed by atoms with Crippen LogP contribution in [0.4, 0.5) is 5.69 Å². The third-order valence-electron chi connectivity index (χ3n) is 5.61. The molecule has 2 aromatic carbocycles. The highest BCUT2D eigenvalue weighted by atomic mass is 32.2. The van der Waals surface area contributed by atoms with Crippen molar-refractivity contribution in [2.45, 2.75) is 19.0 Å².